The molecule has 1 aliphatic rings. The van der Waals surface area contributed by atoms with Crippen LogP contribution < -0.4 is 14.2 Å². The van der Waals surface area contributed by atoms with Crippen molar-refractivity contribution in [1.29, 1.82) is 0 Å². The predicted molar refractivity (Wildman–Crippen MR) is 120 cm³/mol. The molecule has 3 aromatic rings. The van der Waals surface area contributed by atoms with Crippen LogP contribution in [0, 0.1) is 0 Å². The summed E-state index contributed by atoms with van der Waals surface area (Å²) >= 11 is 0. The van der Waals surface area contributed by atoms with Gasteiger partial charge in [0.2, 0.25) is 11.6 Å². The molecule has 0 saturated carbocycles. The minimum Gasteiger partial charge on any atom is -0.490 e. The van der Waals surface area contributed by atoms with E-state index in [0.717, 1.165) is 12.8 Å². The van der Waals surface area contributed by atoms with Gasteiger partial charge in [-0.2, -0.15) is 0 Å². The van der Waals surface area contributed by atoms with Crippen LogP contribution >= 0.6 is 0 Å². The van der Waals surface area contributed by atoms with Gasteiger partial charge in [-0.15, -0.1) is 10.2 Å². The van der Waals surface area contributed by atoms with E-state index < -0.39 is 0 Å². The topological polar surface area (TPSA) is 100 Å². The third kappa shape index (κ3) is 4.97. The van der Waals surface area contributed by atoms with Crippen LogP contribution in [-0.4, -0.2) is 53.9 Å². The molecule has 0 radical (unpaired) electrons. The second kappa shape index (κ2) is 10.4. The van der Waals surface area contributed by atoms with E-state index >= 15 is 0 Å². The number of aromatic nitrogens is 2. The lowest BCUT2D eigenvalue weighted by Crippen LogP contribution is -2.38. The number of ether oxygens (including phenoxy) is 3. The fourth-order valence-electron chi connectivity index (χ4n) is 3.92. The van der Waals surface area contributed by atoms with E-state index in [1.807, 2.05) is 25.7 Å². The molecule has 1 saturated heterocycles. The van der Waals surface area contributed by atoms with Crippen LogP contribution in [-0.2, 0) is 0 Å². The number of carbonyl (C=O) groups is 1. The van der Waals surface area contributed by atoms with Crippen molar-refractivity contribution in [2.75, 3.05) is 32.9 Å². The van der Waals surface area contributed by atoms with Crippen molar-refractivity contribution in [1.82, 2.24) is 15.1 Å². The van der Waals surface area contributed by atoms with E-state index in [9.17, 15) is 4.79 Å². The molecule has 0 unspecified atom stereocenters. The van der Waals surface area contributed by atoms with Crippen molar-refractivity contribution in [2.24, 2.45) is 0 Å². The van der Waals surface area contributed by atoms with Crippen LogP contribution in [0.2, 0.25) is 0 Å². The Bertz CT molecular complexity index is 1030. The second-order valence-corrected chi connectivity index (χ2v) is 7.59. The standard InChI is InChI=1S/C24H29N3O6/c1-4-29-19-14-17(15-20(30-5-2)21(19)31-6-3)24(28)27-11-9-16(10-12-27)22-25-26-23(33-22)18-8-7-13-32-18/h7-8,13-16H,4-6,9-12H2,1-3H3. The largest absolute Gasteiger partial charge is 0.490 e. The van der Waals surface area contributed by atoms with Crippen molar-refractivity contribution in [2.45, 2.75) is 39.5 Å². The predicted octanol–water partition coefficient (Wildman–Crippen LogP) is 4.55. The summed E-state index contributed by atoms with van der Waals surface area (Å²) in [7, 11) is 0. The zero-order valence-corrected chi connectivity index (χ0v) is 19.2. The summed E-state index contributed by atoms with van der Waals surface area (Å²) in [5, 5.41) is 8.27. The Morgan fingerprint density at radius 2 is 1.70 bits per heavy atom. The molecule has 2 aromatic heterocycles. The molecule has 0 bridgehead atoms. The van der Waals surface area contributed by atoms with Crippen molar-refractivity contribution < 1.29 is 27.8 Å². The highest BCUT2D eigenvalue weighted by Gasteiger charge is 2.29. The van der Waals surface area contributed by atoms with Gasteiger partial charge in [-0.05, 0) is 57.9 Å². The van der Waals surface area contributed by atoms with E-state index in [2.05, 4.69) is 10.2 Å². The number of hydrogen-bond acceptors (Lipinski definition) is 8. The quantitative estimate of drug-likeness (QED) is 0.463. The Labute approximate surface area is 192 Å². The summed E-state index contributed by atoms with van der Waals surface area (Å²) in [4.78, 5) is 15.1. The summed E-state index contributed by atoms with van der Waals surface area (Å²) < 4.78 is 28.4. The van der Waals surface area contributed by atoms with E-state index in [4.69, 9.17) is 23.0 Å². The Hall–Kier alpha value is -3.49. The van der Waals surface area contributed by atoms with Gasteiger partial charge in [0.25, 0.3) is 11.8 Å². The average Bonchev–Trinajstić information content (AvgIpc) is 3.53. The first-order valence-electron chi connectivity index (χ1n) is 11.4. The first-order valence-corrected chi connectivity index (χ1v) is 11.4. The molecule has 0 aliphatic carbocycles. The van der Waals surface area contributed by atoms with E-state index in [-0.39, 0.29) is 11.8 Å². The highest BCUT2D eigenvalue weighted by Crippen LogP contribution is 2.40. The molecule has 1 aromatic carbocycles. The first kappa shape index (κ1) is 22.7. The minimum absolute atomic E-state index is 0.0693. The Morgan fingerprint density at radius 1 is 1.03 bits per heavy atom. The fourth-order valence-corrected chi connectivity index (χ4v) is 3.92. The van der Waals surface area contributed by atoms with Gasteiger partial charge in [-0.3, -0.25) is 4.79 Å². The van der Waals surface area contributed by atoms with Crippen LogP contribution in [0.4, 0.5) is 0 Å². The molecule has 176 valence electrons. The van der Waals surface area contributed by atoms with Crippen molar-refractivity contribution in [3.63, 3.8) is 0 Å². The lowest BCUT2D eigenvalue weighted by atomic mass is 9.96. The van der Waals surface area contributed by atoms with Crippen molar-refractivity contribution >= 4 is 5.91 Å². The number of rotatable bonds is 9. The molecule has 3 heterocycles. The summed E-state index contributed by atoms with van der Waals surface area (Å²) in [5.74, 6) is 3.08. The van der Waals surface area contributed by atoms with E-state index in [0.29, 0.717) is 73.3 Å². The highest BCUT2D eigenvalue weighted by molar-refractivity contribution is 5.95. The van der Waals surface area contributed by atoms with Gasteiger partial charge in [-0.1, -0.05) is 0 Å². The third-order valence-corrected chi connectivity index (χ3v) is 5.46. The molecule has 0 spiro atoms. The molecule has 9 heteroatoms. The molecule has 1 aliphatic heterocycles. The number of nitrogens with zero attached hydrogens (tertiary/aromatic N) is 3. The molecule has 33 heavy (non-hydrogen) atoms. The molecule has 0 atom stereocenters. The maximum absolute atomic E-state index is 13.3. The number of amides is 1. The summed E-state index contributed by atoms with van der Waals surface area (Å²) in [5.41, 5.74) is 0.515. The second-order valence-electron chi connectivity index (χ2n) is 7.59. The molecule has 1 fully saturated rings. The number of likely N-dealkylation sites (tertiary alicyclic amines) is 1. The maximum atomic E-state index is 13.3. The smallest absolute Gasteiger partial charge is 0.283 e. The van der Waals surface area contributed by atoms with Crippen LogP contribution in [0.15, 0.2) is 39.4 Å². The highest BCUT2D eigenvalue weighted by atomic mass is 16.5. The molecular formula is C24H29N3O6. The first-order chi connectivity index (χ1) is 16.1. The minimum atomic E-state index is -0.0693. The van der Waals surface area contributed by atoms with Gasteiger partial charge in [-0.25, -0.2) is 0 Å². The van der Waals surface area contributed by atoms with E-state index in [1.54, 1.807) is 30.5 Å². The third-order valence-electron chi connectivity index (χ3n) is 5.46. The average molecular weight is 456 g/mol. The number of furan rings is 1. The van der Waals surface area contributed by atoms with Gasteiger partial charge in [0.05, 0.1) is 26.1 Å². The van der Waals surface area contributed by atoms with Gasteiger partial charge in [0.15, 0.2) is 17.3 Å². The number of piperidine rings is 1. The summed E-state index contributed by atoms with van der Waals surface area (Å²) in [6.45, 7) is 8.24. The van der Waals surface area contributed by atoms with Gasteiger partial charge in [0, 0.05) is 24.6 Å². The molecule has 1 amide bonds. The molecular weight excluding hydrogens is 426 g/mol. The monoisotopic (exact) mass is 455 g/mol. The Kier molecular flexibility index (Phi) is 7.16. The van der Waals surface area contributed by atoms with Crippen LogP contribution in [0.3, 0.4) is 0 Å². The van der Waals surface area contributed by atoms with Gasteiger partial charge in [0.1, 0.15) is 0 Å². The van der Waals surface area contributed by atoms with Gasteiger partial charge < -0.3 is 27.9 Å². The number of hydrogen-bond donors (Lipinski definition) is 0. The zero-order valence-electron chi connectivity index (χ0n) is 19.2. The SMILES string of the molecule is CCOc1cc(C(=O)N2CCC(c3nnc(-c4ccco4)o3)CC2)cc(OCC)c1OCC. The zero-order chi connectivity index (χ0) is 23.2. The summed E-state index contributed by atoms with van der Waals surface area (Å²) in [6, 6.07) is 7.03. The fraction of sp³-hybridized carbons (Fsp3) is 0.458. The van der Waals surface area contributed by atoms with Gasteiger partial charge >= 0.3 is 0 Å². The normalized spacial score (nSPS) is 14.3. The van der Waals surface area contributed by atoms with Crippen LogP contribution in [0.1, 0.15) is 55.8 Å². The van der Waals surface area contributed by atoms with Crippen LogP contribution in [0.5, 0.6) is 17.2 Å². The Morgan fingerprint density at radius 3 is 2.27 bits per heavy atom. The van der Waals surface area contributed by atoms with E-state index in [1.165, 1.54) is 0 Å². The van der Waals surface area contributed by atoms with Crippen molar-refractivity contribution in [3.8, 4) is 28.9 Å². The molecule has 0 N–H and O–H groups in total. The lowest BCUT2D eigenvalue weighted by Gasteiger charge is -2.30. The molecule has 9 nitrogen and oxygen atoms in total. The number of carbonyl (C=O) groups excluding carboxylic acids is 1. The van der Waals surface area contributed by atoms with Crippen molar-refractivity contribution in [3.05, 3.63) is 42.0 Å². The lowest BCUT2D eigenvalue weighted by molar-refractivity contribution is 0.0705. The maximum Gasteiger partial charge on any atom is 0.283 e. The molecule has 4 rings (SSSR count). The van der Waals surface area contributed by atoms with Crippen LogP contribution in [0.25, 0.3) is 11.7 Å². The Balaban J connectivity index is 1.47. The summed E-state index contributed by atoms with van der Waals surface area (Å²) in [6.07, 6.45) is 3.04. The number of benzene rings is 1.